The molecule has 0 heterocycles. The molecule has 0 aliphatic heterocycles. The number of nitrogens with one attached hydrogen (secondary N) is 1. The van der Waals surface area contributed by atoms with Crippen molar-refractivity contribution in [2.75, 3.05) is 53.3 Å². The molecular weight excluding hydrogens is 246 g/mol. The highest BCUT2D eigenvalue weighted by Gasteiger charge is 2.44. The average molecular weight is 275 g/mol. The van der Waals surface area contributed by atoms with Gasteiger partial charge in [0, 0.05) is 20.3 Å². The van der Waals surface area contributed by atoms with E-state index >= 15 is 0 Å². The molecule has 0 aromatic heterocycles. The van der Waals surface area contributed by atoms with Crippen LogP contribution in [0.1, 0.15) is 26.2 Å². The molecule has 1 unspecified atom stereocenters. The molecule has 1 rings (SSSR count). The van der Waals surface area contributed by atoms with Crippen molar-refractivity contribution in [1.82, 2.24) is 5.32 Å². The van der Waals surface area contributed by atoms with Gasteiger partial charge in [0.05, 0.1) is 32.0 Å². The van der Waals surface area contributed by atoms with Gasteiger partial charge in [0.25, 0.3) is 0 Å². The SMILES string of the molecule is CCNC(CO)(COCCCOCCOC)C1CC1. The van der Waals surface area contributed by atoms with Crippen LogP contribution in [-0.2, 0) is 14.2 Å². The summed E-state index contributed by atoms with van der Waals surface area (Å²) < 4.78 is 16.0. The van der Waals surface area contributed by atoms with Crippen molar-refractivity contribution < 1.29 is 19.3 Å². The van der Waals surface area contributed by atoms with E-state index in [2.05, 4.69) is 12.2 Å². The summed E-state index contributed by atoms with van der Waals surface area (Å²) in [4.78, 5) is 0. The minimum atomic E-state index is -0.230. The fourth-order valence-corrected chi connectivity index (χ4v) is 2.29. The van der Waals surface area contributed by atoms with Crippen LogP contribution < -0.4 is 5.32 Å². The van der Waals surface area contributed by atoms with E-state index in [1.54, 1.807) is 7.11 Å². The lowest BCUT2D eigenvalue weighted by Gasteiger charge is -2.32. The summed E-state index contributed by atoms with van der Waals surface area (Å²) in [6, 6.07) is 0. The number of ether oxygens (including phenoxy) is 3. The molecular formula is C14H29NO4. The average Bonchev–Trinajstić information content (AvgIpc) is 3.25. The van der Waals surface area contributed by atoms with Gasteiger partial charge in [-0.2, -0.15) is 0 Å². The molecule has 1 atom stereocenters. The number of aliphatic hydroxyl groups excluding tert-OH is 1. The predicted octanol–water partition coefficient (Wildman–Crippen LogP) is 0.807. The number of hydrogen-bond donors (Lipinski definition) is 2. The molecule has 0 saturated heterocycles. The molecule has 0 radical (unpaired) electrons. The van der Waals surface area contributed by atoms with E-state index in [-0.39, 0.29) is 12.1 Å². The summed E-state index contributed by atoms with van der Waals surface area (Å²) >= 11 is 0. The van der Waals surface area contributed by atoms with Gasteiger partial charge >= 0.3 is 0 Å². The van der Waals surface area contributed by atoms with Crippen LogP contribution in [0.4, 0.5) is 0 Å². The van der Waals surface area contributed by atoms with Crippen LogP contribution in [0.2, 0.25) is 0 Å². The summed E-state index contributed by atoms with van der Waals surface area (Å²) in [7, 11) is 1.67. The van der Waals surface area contributed by atoms with Gasteiger partial charge in [-0.1, -0.05) is 6.92 Å². The Morgan fingerprint density at radius 2 is 1.89 bits per heavy atom. The van der Waals surface area contributed by atoms with E-state index in [0.717, 1.165) is 13.0 Å². The zero-order chi connectivity index (χ0) is 14.0. The number of likely N-dealkylation sites (N-methyl/N-ethyl adjacent to an activating group) is 1. The van der Waals surface area contributed by atoms with Crippen molar-refractivity contribution >= 4 is 0 Å². The van der Waals surface area contributed by atoms with E-state index in [9.17, 15) is 5.11 Å². The first-order chi connectivity index (χ1) is 9.29. The standard InChI is InChI=1S/C14H29NO4/c1-3-15-14(11-16,13-5-6-13)12-19-8-4-7-18-10-9-17-2/h13,15-16H,3-12H2,1-2H3. The fraction of sp³-hybridized carbons (Fsp3) is 1.00. The zero-order valence-corrected chi connectivity index (χ0v) is 12.3. The van der Waals surface area contributed by atoms with Gasteiger partial charge in [-0.05, 0) is 31.7 Å². The molecule has 0 aromatic carbocycles. The van der Waals surface area contributed by atoms with Crippen molar-refractivity contribution in [3.63, 3.8) is 0 Å². The van der Waals surface area contributed by atoms with Crippen LogP contribution in [0.15, 0.2) is 0 Å². The minimum absolute atomic E-state index is 0.149. The third kappa shape index (κ3) is 6.19. The molecule has 2 N–H and O–H groups in total. The number of methoxy groups -OCH3 is 1. The topological polar surface area (TPSA) is 60.0 Å². The summed E-state index contributed by atoms with van der Waals surface area (Å²) in [6.45, 7) is 6.30. The lowest BCUT2D eigenvalue weighted by molar-refractivity contribution is 0.0106. The Hall–Kier alpha value is -0.200. The van der Waals surface area contributed by atoms with Gasteiger partial charge in [-0.15, -0.1) is 0 Å². The monoisotopic (exact) mass is 275 g/mol. The largest absolute Gasteiger partial charge is 0.394 e. The molecule has 1 fully saturated rings. The van der Waals surface area contributed by atoms with Crippen molar-refractivity contribution in [2.45, 2.75) is 31.7 Å². The number of rotatable bonds is 13. The highest BCUT2D eigenvalue weighted by Crippen LogP contribution is 2.39. The first-order valence-electron chi connectivity index (χ1n) is 7.29. The molecule has 1 aliphatic rings. The van der Waals surface area contributed by atoms with Crippen molar-refractivity contribution in [1.29, 1.82) is 0 Å². The second kappa shape index (κ2) is 9.66. The van der Waals surface area contributed by atoms with Gasteiger partial charge in [0.2, 0.25) is 0 Å². The Labute approximate surface area is 116 Å². The summed E-state index contributed by atoms with van der Waals surface area (Å²) in [5, 5.41) is 13.0. The zero-order valence-electron chi connectivity index (χ0n) is 12.3. The van der Waals surface area contributed by atoms with Gasteiger partial charge < -0.3 is 24.6 Å². The van der Waals surface area contributed by atoms with E-state index in [1.807, 2.05) is 0 Å². The molecule has 0 amide bonds. The molecule has 5 nitrogen and oxygen atoms in total. The van der Waals surface area contributed by atoms with Crippen molar-refractivity contribution in [3.05, 3.63) is 0 Å². The Morgan fingerprint density at radius 3 is 2.47 bits per heavy atom. The second-order valence-electron chi connectivity index (χ2n) is 5.13. The first-order valence-corrected chi connectivity index (χ1v) is 7.29. The molecule has 0 bridgehead atoms. The Kier molecular flexibility index (Phi) is 8.57. The summed E-state index contributed by atoms with van der Waals surface area (Å²) in [5.74, 6) is 0.565. The summed E-state index contributed by atoms with van der Waals surface area (Å²) in [5.41, 5.74) is -0.230. The van der Waals surface area contributed by atoms with Gasteiger partial charge in [-0.3, -0.25) is 0 Å². The van der Waals surface area contributed by atoms with Gasteiger partial charge in [-0.25, -0.2) is 0 Å². The van der Waals surface area contributed by atoms with Crippen LogP contribution >= 0.6 is 0 Å². The van der Waals surface area contributed by atoms with Crippen LogP contribution in [0, 0.1) is 5.92 Å². The third-order valence-corrected chi connectivity index (χ3v) is 3.54. The van der Waals surface area contributed by atoms with Crippen LogP contribution in [0.25, 0.3) is 0 Å². The van der Waals surface area contributed by atoms with E-state index in [1.165, 1.54) is 12.8 Å². The summed E-state index contributed by atoms with van der Waals surface area (Å²) in [6.07, 6.45) is 3.26. The quantitative estimate of drug-likeness (QED) is 0.487. The van der Waals surface area contributed by atoms with E-state index in [0.29, 0.717) is 39.0 Å². The van der Waals surface area contributed by atoms with Crippen molar-refractivity contribution in [3.8, 4) is 0 Å². The molecule has 0 spiro atoms. The maximum atomic E-state index is 9.64. The maximum Gasteiger partial charge on any atom is 0.0700 e. The molecule has 5 heteroatoms. The molecule has 1 saturated carbocycles. The third-order valence-electron chi connectivity index (χ3n) is 3.54. The number of hydrogen-bond acceptors (Lipinski definition) is 5. The smallest absolute Gasteiger partial charge is 0.0700 e. The second-order valence-corrected chi connectivity index (χ2v) is 5.13. The Morgan fingerprint density at radius 1 is 1.16 bits per heavy atom. The minimum Gasteiger partial charge on any atom is -0.394 e. The predicted molar refractivity (Wildman–Crippen MR) is 74.3 cm³/mol. The lowest BCUT2D eigenvalue weighted by Crippen LogP contribution is -2.54. The van der Waals surface area contributed by atoms with E-state index in [4.69, 9.17) is 14.2 Å². The maximum absolute atomic E-state index is 9.64. The van der Waals surface area contributed by atoms with Crippen LogP contribution in [0.3, 0.4) is 0 Å². The van der Waals surface area contributed by atoms with Gasteiger partial charge in [0.1, 0.15) is 0 Å². The van der Waals surface area contributed by atoms with E-state index < -0.39 is 0 Å². The molecule has 0 aromatic rings. The highest BCUT2D eigenvalue weighted by atomic mass is 16.5. The van der Waals surface area contributed by atoms with Crippen LogP contribution in [0.5, 0.6) is 0 Å². The van der Waals surface area contributed by atoms with Crippen LogP contribution in [-0.4, -0.2) is 63.9 Å². The molecule has 114 valence electrons. The van der Waals surface area contributed by atoms with Crippen molar-refractivity contribution in [2.24, 2.45) is 5.92 Å². The molecule has 1 aliphatic carbocycles. The fourth-order valence-electron chi connectivity index (χ4n) is 2.29. The highest BCUT2D eigenvalue weighted by molar-refractivity contribution is 5.00. The number of aliphatic hydroxyl groups is 1. The first kappa shape index (κ1) is 16.9. The molecule has 19 heavy (non-hydrogen) atoms. The normalized spacial score (nSPS) is 18.5. The lowest BCUT2D eigenvalue weighted by atomic mass is 9.95. The Bertz CT molecular complexity index is 223. The van der Waals surface area contributed by atoms with Gasteiger partial charge in [0.15, 0.2) is 0 Å². The Balaban J connectivity index is 2.08.